The van der Waals surface area contributed by atoms with Gasteiger partial charge in [-0.25, -0.2) is 13.8 Å². The molecule has 0 saturated heterocycles. The monoisotopic (exact) mass is 357 g/mol. The highest BCUT2D eigenvalue weighted by Crippen LogP contribution is 2.31. The van der Waals surface area contributed by atoms with Crippen LogP contribution in [-0.4, -0.2) is 18.1 Å². The van der Waals surface area contributed by atoms with E-state index >= 15 is 0 Å². The highest BCUT2D eigenvalue weighted by Gasteiger charge is 2.20. The van der Waals surface area contributed by atoms with Crippen molar-refractivity contribution in [3.63, 3.8) is 0 Å². The molecule has 7 heteroatoms. The number of ether oxygens (including phenoxy) is 1. The van der Waals surface area contributed by atoms with Crippen LogP contribution in [-0.2, 0) is 16.0 Å². The molecule has 3 nitrogen and oxygen atoms in total. The second kappa shape index (κ2) is 5.67. The van der Waals surface area contributed by atoms with Gasteiger partial charge in [0, 0.05) is 0 Å². The Morgan fingerprint density at radius 2 is 2.19 bits per heavy atom. The number of carbonyl (C=O) groups is 1. The van der Waals surface area contributed by atoms with Gasteiger partial charge in [-0.05, 0) is 43.5 Å². The molecule has 0 spiro atoms. The summed E-state index contributed by atoms with van der Waals surface area (Å²) in [6, 6.07) is 1.38. The Bertz CT molecular complexity index is 413. The van der Waals surface area contributed by atoms with Gasteiger partial charge in [0.1, 0.15) is 9.21 Å². The summed E-state index contributed by atoms with van der Waals surface area (Å²) in [4.78, 5) is 14.9. The van der Waals surface area contributed by atoms with E-state index < -0.39 is 12.4 Å². The van der Waals surface area contributed by atoms with Crippen molar-refractivity contribution in [2.24, 2.45) is 0 Å². The number of pyridine rings is 1. The van der Waals surface area contributed by atoms with E-state index in [4.69, 9.17) is 0 Å². The van der Waals surface area contributed by atoms with E-state index in [1.165, 1.54) is 13.2 Å². The Balaban J connectivity index is 3.18. The number of aromatic nitrogens is 1. The molecule has 0 aliphatic rings. The number of rotatable bonds is 3. The molecule has 0 aliphatic carbocycles. The van der Waals surface area contributed by atoms with Gasteiger partial charge in [0.2, 0.25) is 0 Å². The first-order valence-corrected chi connectivity index (χ1v) is 5.74. The number of hydrogen-bond acceptors (Lipinski definition) is 3. The van der Waals surface area contributed by atoms with Gasteiger partial charge in [-0.3, -0.25) is 4.79 Å². The molecular weight excluding hydrogens is 352 g/mol. The molecule has 0 atom stereocenters. The predicted molar refractivity (Wildman–Crippen MR) is 60.3 cm³/mol. The van der Waals surface area contributed by atoms with Gasteiger partial charge in [0.05, 0.1) is 19.1 Å². The van der Waals surface area contributed by atoms with Crippen molar-refractivity contribution in [1.82, 2.24) is 4.98 Å². The molecule has 0 unspecified atom stereocenters. The third kappa shape index (κ3) is 3.21. The lowest BCUT2D eigenvalue weighted by Gasteiger charge is -2.10. The molecular formula is C9H7Br2F2NO2. The van der Waals surface area contributed by atoms with Crippen molar-refractivity contribution < 1.29 is 18.3 Å². The Morgan fingerprint density at radius 3 is 2.69 bits per heavy atom. The zero-order valence-electron chi connectivity index (χ0n) is 8.14. The number of nitrogens with zero attached hydrogens (tertiary/aromatic N) is 1. The molecule has 0 aliphatic heterocycles. The summed E-state index contributed by atoms with van der Waals surface area (Å²) in [6.45, 7) is 0. The average molecular weight is 359 g/mol. The van der Waals surface area contributed by atoms with Gasteiger partial charge in [-0.1, -0.05) is 0 Å². The topological polar surface area (TPSA) is 39.2 Å². The minimum Gasteiger partial charge on any atom is -0.469 e. The summed E-state index contributed by atoms with van der Waals surface area (Å²) in [5.74, 6) is -0.577. The van der Waals surface area contributed by atoms with Crippen LogP contribution in [0.5, 0.6) is 0 Å². The fraction of sp³-hybridized carbons (Fsp3) is 0.333. The van der Waals surface area contributed by atoms with E-state index in [9.17, 15) is 13.6 Å². The molecule has 0 fully saturated rings. The largest absolute Gasteiger partial charge is 0.469 e. The molecule has 0 aromatic carbocycles. The average Bonchev–Trinajstić information content (AvgIpc) is 2.15. The number of alkyl halides is 2. The molecule has 0 N–H and O–H groups in total. The van der Waals surface area contributed by atoms with Gasteiger partial charge in [0.15, 0.2) is 0 Å². The zero-order chi connectivity index (χ0) is 12.3. The normalized spacial score (nSPS) is 10.6. The van der Waals surface area contributed by atoms with Crippen LogP contribution in [0.2, 0.25) is 0 Å². The first-order chi connectivity index (χ1) is 7.45. The Hall–Kier alpha value is -0.560. The minimum atomic E-state index is -2.70. The summed E-state index contributed by atoms with van der Waals surface area (Å²) in [5.41, 5.74) is -0.0933. The quantitative estimate of drug-likeness (QED) is 0.615. The summed E-state index contributed by atoms with van der Waals surface area (Å²) in [7, 11) is 1.20. The molecule has 88 valence electrons. The fourth-order valence-electron chi connectivity index (χ4n) is 1.14. The van der Waals surface area contributed by atoms with E-state index in [0.29, 0.717) is 4.60 Å². The van der Waals surface area contributed by atoms with Gasteiger partial charge in [-0.15, -0.1) is 0 Å². The van der Waals surface area contributed by atoms with Crippen molar-refractivity contribution in [1.29, 1.82) is 0 Å². The first kappa shape index (κ1) is 13.5. The number of methoxy groups -OCH3 is 1. The van der Waals surface area contributed by atoms with Crippen LogP contribution in [0.15, 0.2) is 15.3 Å². The third-order valence-corrected chi connectivity index (χ3v) is 2.86. The smallest absolute Gasteiger partial charge is 0.309 e. The second-order valence-electron chi connectivity index (χ2n) is 2.86. The van der Waals surface area contributed by atoms with Crippen LogP contribution in [0.1, 0.15) is 17.6 Å². The second-order valence-corrected chi connectivity index (χ2v) is 4.43. The van der Waals surface area contributed by atoms with E-state index in [1.54, 1.807) is 0 Å². The number of halogens is 4. The Morgan fingerprint density at radius 1 is 1.56 bits per heavy atom. The Labute approximate surface area is 107 Å². The predicted octanol–water partition coefficient (Wildman–Crippen LogP) is 3.26. The third-order valence-electron chi connectivity index (χ3n) is 1.85. The number of esters is 1. The van der Waals surface area contributed by atoms with Crippen molar-refractivity contribution in [3.05, 3.63) is 26.4 Å². The highest BCUT2D eigenvalue weighted by molar-refractivity contribution is 9.11. The summed E-state index contributed by atoms with van der Waals surface area (Å²) < 4.78 is 30.3. The molecule has 1 heterocycles. The number of carbonyl (C=O) groups excluding carboxylic acids is 1. The first-order valence-electron chi connectivity index (χ1n) is 4.15. The molecule has 1 aromatic heterocycles. The van der Waals surface area contributed by atoms with Crippen LogP contribution in [0.25, 0.3) is 0 Å². The van der Waals surface area contributed by atoms with Crippen molar-refractivity contribution >= 4 is 37.8 Å². The van der Waals surface area contributed by atoms with Crippen LogP contribution >= 0.6 is 31.9 Å². The molecule has 16 heavy (non-hydrogen) atoms. The lowest BCUT2D eigenvalue weighted by Crippen LogP contribution is -2.08. The van der Waals surface area contributed by atoms with E-state index in [2.05, 4.69) is 41.6 Å². The van der Waals surface area contributed by atoms with Crippen LogP contribution in [0, 0.1) is 0 Å². The number of hydrogen-bond donors (Lipinski definition) is 0. The van der Waals surface area contributed by atoms with Crippen molar-refractivity contribution in [2.45, 2.75) is 12.8 Å². The fourth-order valence-corrected chi connectivity index (χ4v) is 2.45. The van der Waals surface area contributed by atoms with Gasteiger partial charge in [0.25, 0.3) is 6.43 Å². The Kier molecular flexibility index (Phi) is 4.79. The molecule has 0 amide bonds. The highest BCUT2D eigenvalue weighted by atomic mass is 79.9. The van der Waals surface area contributed by atoms with Crippen LogP contribution in [0.4, 0.5) is 8.78 Å². The summed E-state index contributed by atoms with van der Waals surface area (Å²) >= 11 is 6.01. The molecule has 0 saturated carbocycles. The van der Waals surface area contributed by atoms with Gasteiger partial charge >= 0.3 is 5.97 Å². The summed E-state index contributed by atoms with van der Waals surface area (Å²) in [6.07, 6.45) is -2.91. The van der Waals surface area contributed by atoms with Crippen LogP contribution in [0.3, 0.4) is 0 Å². The van der Waals surface area contributed by atoms with E-state index in [-0.39, 0.29) is 22.2 Å². The van der Waals surface area contributed by atoms with Gasteiger partial charge in [-0.2, -0.15) is 0 Å². The van der Waals surface area contributed by atoms with E-state index in [0.717, 1.165) is 0 Å². The van der Waals surface area contributed by atoms with Crippen molar-refractivity contribution in [3.8, 4) is 0 Å². The standard InChI is InChI=1S/C9H7Br2F2NO2/c1-16-6(15)3-4-2-5(10)14-8(11)7(4)9(12)13/h2,9H,3H2,1H3. The van der Waals surface area contributed by atoms with Crippen molar-refractivity contribution in [2.75, 3.05) is 7.11 Å². The molecule has 0 bridgehead atoms. The zero-order valence-corrected chi connectivity index (χ0v) is 11.3. The van der Waals surface area contributed by atoms with Crippen LogP contribution < -0.4 is 0 Å². The lowest BCUT2D eigenvalue weighted by molar-refractivity contribution is -0.139. The minimum absolute atomic E-state index is 0.0239. The lowest BCUT2D eigenvalue weighted by atomic mass is 10.1. The molecule has 1 aromatic rings. The maximum atomic E-state index is 12.7. The molecule has 1 rings (SSSR count). The maximum absolute atomic E-state index is 12.7. The molecule has 0 radical (unpaired) electrons. The summed E-state index contributed by atoms with van der Waals surface area (Å²) in [5, 5.41) is 0. The maximum Gasteiger partial charge on any atom is 0.309 e. The van der Waals surface area contributed by atoms with E-state index in [1.807, 2.05) is 0 Å². The van der Waals surface area contributed by atoms with Gasteiger partial charge < -0.3 is 4.74 Å². The SMILES string of the molecule is COC(=O)Cc1cc(Br)nc(Br)c1C(F)F.